The van der Waals surface area contributed by atoms with Gasteiger partial charge in [-0.1, -0.05) is 25.1 Å². The normalized spacial score (nSPS) is 11.0. The lowest BCUT2D eigenvalue weighted by atomic mass is 10.1. The standard InChI is InChI=1S/C20H29N3O/c1-3-11-23(12-9-16-5-4-6-18(14-16)24-2)13-10-17-7-8-19(21)20(22)15-17/h4-8,14-15H,3,9-13,21-22H2,1-2H3. The zero-order valence-corrected chi connectivity index (χ0v) is 14.8. The maximum absolute atomic E-state index is 5.90. The van der Waals surface area contributed by atoms with Crippen molar-refractivity contribution in [2.45, 2.75) is 26.2 Å². The molecule has 0 bridgehead atoms. The van der Waals surface area contributed by atoms with Gasteiger partial charge < -0.3 is 21.1 Å². The van der Waals surface area contributed by atoms with Crippen LogP contribution in [-0.4, -0.2) is 31.6 Å². The Kier molecular flexibility index (Phi) is 6.94. The molecule has 0 aliphatic heterocycles. The van der Waals surface area contributed by atoms with Crippen LogP contribution in [0.1, 0.15) is 24.5 Å². The van der Waals surface area contributed by atoms with Crippen LogP contribution in [0.25, 0.3) is 0 Å². The molecule has 0 amide bonds. The second-order valence-corrected chi connectivity index (χ2v) is 6.16. The molecule has 24 heavy (non-hydrogen) atoms. The molecule has 0 radical (unpaired) electrons. The van der Waals surface area contributed by atoms with Gasteiger partial charge in [0.05, 0.1) is 18.5 Å². The fraction of sp³-hybridized carbons (Fsp3) is 0.400. The number of hydrogen-bond acceptors (Lipinski definition) is 4. The lowest BCUT2D eigenvalue weighted by Gasteiger charge is -2.22. The Morgan fingerprint density at radius 3 is 2.21 bits per heavy atom. The number of hydrogen-bond donors (Lipinski definition) is 2. The molecule has 2 aromatic carbocycles. The summed E-state index contributed by atoms with van der Waals surface area (Å²) < 4.78 is 5.30. The number of methoxy groups -OCH3 is 1. The Morgan fingerprint density at radius 2 is 1.58 bits per heavy atom. The topological polar surface area (TPSA) is 64.5 Å². The summed E-state index contributed by atoms with van der Waals surface area (Å²) in [6.07, 6.45) is 3.17. The molecule has 0 aliphatic carbocycles. The highest BCUT2D eigenvalue weighted by atomic mass is 16.5. The van der Waals surface area contributed by atoms with Gasteiger partial charge in [-0.15, -0.1) is 0 Å². The number of ether oxygens (including phenoxy) is 1. The fourth-order valence-electron chi connectivity index (χ4n) is 2.83. The zero-order valence-electron chi connectivity index (χ0n) is 14.8. The molecule has 0 fully saturated rings. The van der Waals surface area contributed by atoms with Crippen LogP contribution in [0, 0.1) is 0 Å². The highest BCUT2D eigenvalue weighted by Crippen LogP contribution is 2.17. The first-order valence-electron chi connectivity index (χ1n) is 8.61. The smallest absolute Gasteiger partial charge is 0.119 e. The van der Waals surface area contributed by atoms with Crippen molar-refractivity contribution in [3.8, 4) is 5.75 Å². The van der Waals surface area contributed by atoms with Gasteiger partial charge in [0.1, 0.15) is 5.75 Å². The molecule has 0 saturated carbocycles. The van der Waals surface area contributed by atoms with Crippen LogP contribution < -0.4 is 16.2 Å². The number of nitrogens with zero attached hydrogens (tertiary/aromatic N) is 1. The van der Waals surface area contributed by atoms with Crippen molar-refractivity contribution in [1.82, 2.24) is 4.90 Å². The van der Waals surface area contributed by atoms with E-state index < -0.39 is 0 Å². The third-order valence-electron chi connectivity index (χ3n) is 4.26. The number of nitrogen functional groups attached to an aromatic ring is 2. The molecular formula is C20H29N3O. The predicted molar refractivity (Wildman–Crippen MR) is 102 cm³/mol. The van der Waals surface area contributed by atoms with Gasteiger partial charge in [-0.25, -0.2) is 0 Å². The highest BCUT2D eigenvalue weighted by molar-refractivity contribution is 5.63. The maximum atomic E-state index is 5.90. The largest absolute Gasteiger partial charge is 0.497 e. The predicted octanol–water partition coefficient (Wildman–Crippen LogP) is 3.36. The van der Waals surface area contributed by atoms with E-state index in [1.807, 2.05) is 18.2 Å². The Balaban J connectivity index is 1.89. The third-order valence-corrected chi connectivity index (χ3v) is 4.26. The maximum Gasteiger partial charge on any atom is 0.119 e. The summed E-state index contributed by atoms with van der Waals surface area (Å²) in [7, 11) is 1.71. The number of benzene rings is 2. The summed E-state index contributed by atoms with van der Waals surface area (Å²) >= 11 is 0. The molecule has 2 aromatic rings. The second kappa shape index (κ2) is 9.18. The van der Waals surface area contributed by atoms with E-state index >= 15 is 0 Å². The van der Waals surface area contributed by atoms with Crippen molar-refractivity contribution in [2.24, 2.45) is 0 Å². The second-order valence-electron chi connectivity index (χ2n) is 6.16. The van der Waals surface area contributed by atoms with Gasteiger partial charge >= 0.3 is 0 Å². The van der Waals surface area contributed by atoms with Crippen molar-refractivity contribution in [2.75, 3.05) is 38.2 Å². The minimum atomic E-state index is 0.655. The molecule has 0 saturated heterocycles. The van der Waals surface area contributed by atoms with Crippen molar-refractivity contribution in [3.05, 3.63) is 53.6 Å². The van der Waals surface area contributed by atoms with Gasteiger partial charge in [-0.3, -0.25) is 0 Å². The molecule has 4 N–H and O–H groups in total. The van der Waals surface area contributed by atoms with Gasteiger partial charge in [0.15, 0.2) is 0 Å². The van der Waals surface area contributed by atoms with E-state index in [2.05, 4.69) is 36.1 Å². The Hall–Kier alpha value is -2.20. The molecule has 0 atom stereocenters. The quantitative estimate of drug-likeness (QED) is 0.693. The minimum absolute atomic E-state index is 0.655. The van der Waals surface area contributed by atoms with Gasteiger partial charge in [0.25, 0.3) is 0 Å². The van der Waals surface area contributed by atoms with Gasteiger partial charge in [-0.05, 0) is 61.2 Å². The van der Waals surface area contributed by atoms with E-state index in [-0.39, 0.29) is 0 Å². The van der Waals surface area contributed by atoms with Crippen molar-refractivity contribution in [3.63, 3.8) is 0 Å². The average Bonchev–Trinajstić information content (AvgIpc) is 2.60. The molecule has 0 spiro atoms. The Bertz CT molecular complexity index is 643. The molecule has 4 heteroatoms. The Morgan fingerprint density at radius 1 is 0.875 bits per heavy atom. The highest BCUT2D eigenvalue weighted by Gasteiger charge is 2.06. The summed E-state index contributed by atoms with van der Waals surface area (Å²) in [5.74, 6) is 0.923. The lowest BCUT2D eigenvalue weighted by molar-refractivity contribution is 0.281. The van der Waals surface area contributed by atoms with E-state index in [1.165, 1.54) is 11.1 Å². The third kappa shape index (κ3) is 5.46. The summed E-state index contributed by atoms with van der Waals surface area (Å²) in [6, 6.07) is 14.3. The SMILES string of the molecule is CCCN(CCc1cccc(OC)c1)CCc1ccc(N)c(N)c1. The first-order chi connectivity index (χ1) is 11.6. The van der Waals surface area contributed by atoms with Crippen LogP contribution in [-0.2, 0) is 12.8 Å². The monoisotopic (exact) mass is 327 g/mol. The summed E-state index contributed by atoms with van der Waals surface area (Å²) in [4.78, 5) is 2.51. The molecule has 130 valence electrons. The van der Waals surface area contributed by atoms with Crippen molar-refractivity contribution >= 4 is 11.4 Å². The molecule has 0 unspecified atom stereocenters. The number of rotatable bonds is 9. The first kappa shape index (κ1) is 18.1. The minimum Gasteiger partial charge on any atom is -0.497 e. The van der Waals surface area contributed by atoms with E-state index in [9.17, 15) is 0 Å². The summed E-state index contributed by atoms with van der Waals surface area (Å²) in [5.41, 5.74) is 15.6. The molecular weight excluding hydrogens is 298 g/mol. The van der Waals surface area contributed by atoms with E-state index in [1.54, 1.807) is 7.11 Å². The number of anilines is 2. The van der Waals surface area contributed by atoms with Crippen LogP contribution in [0.3, 0.4) is 0 Å². The van der Waals surface area contributed by atoms with Crippen LogP contribution >= 0.6 is 0 Å². The summed E-state index contributed by atoms with van der Waals surface area (Å²) in [5, 5.41) is 0. The van der Waals surface area contributed by atoms with Crippen LogP contribution in [0.2, 0.25) is 0 Å². The van der Waals surface area contributed by atoms with Crippen molar-refractivity contribution < 1.29 is 4.74 Å². The number of nitrogens with two attached hydrogens (primary N) is 2. The fourth-order valence-corrected chi connectivity index (χ4v) is 2.83. The van der Waals surface area contributed by atoms with Crippen molar-refractivity contribution in [1.29, 1.82) is 0 Å². The van der Waals surface area contributed by atoms with Gasteiger partial charge in [0, 0.05) is 13.1 Å². The van der Waals surface area contributed by atoms with Crippen LogP contribution in [0.15, 0.2) is 42.5 Å². The molecule has 0 heterocycles. The van der Waals surface area contributed by atoms with Gasteiger partial charge in [0.2, 0.25) is 0 Å². The van der Waals surface area contributed by atoms with Gasteiger partial charge in [-0.2, -0.15) is 0 Å². The Labute approximate surface area is 145 Å². The summed E-state index contributed by atoms with van der Waals surface area (Å²) in [6.45, 7) is 5.40. The average molecular weight is 327 g/mol. The van der Waals surface area contributed by atoms with E-state index in [4.69, 9.17) is 16.2 Å². The van der Waals surface area contributed by atoms with E-state index in [0.29, 0.717) is 11.4 Å². The molecule has 0 aromatic heterocycles. The molecule has 2 rings (SSSR count). The lowest BCUT2D eigenvalue weighted by Crippen LogP contribution is -2.29. The first-order valence-corrected chi connectivity index (χ1v) is 8.61. The van der Waals surface area contributed by atoms with Crippen LogP contribution in [0.5, 0.6) is 5.75 Å². The molecule has 4 nitrogen and oxygen atoms in total. The molecule has 0 aliphatic rings. The zero-order chi connectivity index (χ0) is 17.4. The van der Waals surface area contributed by atoms with Crippen LogP contribution in [0.4, 0.5) is 11.4 Å². The van der Waals surface area contributed by atoms with E-state index in [0.717, 1.165) is 44.6 Å².